The summed E-state index contributed by atoms with van der Waals surface area (Å²) in [4.78, 5) is 22.9. The third-order valence-corrected chi connectivity index (χ3v) is 2.84. The molecule has 0 aromatic heterocycles. The zero-order valence-corrected chi connectivity index (χ0v) is 11.9. The number of benzene rings is 1. The van der Waals surface area contributed by atoms with Crippen molar-refractivity contribution in [3.05, 3.63) is 35.9 Å². The molecule has 3 N–H and O–H groups in total. The Morgan fingerprint density at radius 3 is 2.67 bits per heavy atom. The number of carbonyl (C=O) groups excluding carboxylic acids is 2. The van der Waals surface area contributed by atoms with E-state index in [2.05, 4.69) is 11.2 Å². The first-order chi connectivity index (χ1) is 10.1. The van der Waals surface area contributed by atoms with Crippen molar-refractivity contribution in [3.8, 4) is 12.3 Å². The van der Waals surface area contributed by atoms with Crippen LogP contribution in [0.15, 0.2) is 30.3 Å². The Balaban J connectivity index is 2.30. The lowest BCUT2D eigenvalue weighted by atomic mass is 10.1. The van der Waals surface area contributed by atoms with Gasteiger partial charge in [0.15, 0.2) is 0 Å². The van der Waals surface area contributed by atoms with Gasteiger partial charge in [-0.05, 0) is 18.4 Å². The highest BCUT2D eigenvalue weighted by molar-refractivity contribution is 5.86. The smallest absolute Gasteiger partial charge is 0.246 e. The fourth-order valence-electron chi connectivity index (χ4n) is 1.77. The van der Waals surface area contributed by atoms with Gasteiger partial charge < -0.3 is 15.8 Å². The SMILES string of the molecule is C#CCCC[C@H](NC(=O)COCc1ccccc1)C(N)=O. The van der Waals surface area contributed by atoms with Crippen molar-refractivity contribution in [1.29, 1.82) is 0 Å². The number of rotatable bonds is 9. The van der Waals surface area contributed by atoms with E-state index in [1.165, 1.54) is 0 Å². The summed E-state index contributed by atoms with van der Waals surface area (Å²) in [6.45, 7) is 0.223. The Kier molecular flexibility index (Phi) is 7.62. The van der Waals surface area contributed by atoms with E-state index in [4.69, 9.17) is 16.9 Å². The molecule has 1 rings (SSSR count). The van der Waals surface area contributed by atoms with E-state index < -0.39 is 11.9 Å². The molecule has 5 nitrogen and oxygen atoms in total. The van der Waals surface area contributed by atoms with E-state index in [1.807, 2.05) is 30.3 Å². The molecule has 1 aromatic rings. The van der Waals surface area contributed by atoms with Gasteiger partial charge in [0.25, 0.3) is 0 Å². The van der Waals surface area contributed by atoms with E-state index in [9.17, 15) is 9.59 Å². The second-order valence-corrected chi connectivity index (χ2v) is 4.60. The van der Waals surface area contributed by atoms with Gasteiger partial charge in [-0.2, -0.15) is 0 Å². The lowest BCUT2D eigenvalue weighted by Gasteiger charge is -2.15. The van der Waals surface area contributed by atoms with Gasteiger partial charge in [0.2, 0.25) is 11.8 Å². The summed E-state index contributed by atoms with van der Waals surface area (Å²) >= 11 is 0. The highest BCUT2D eigenvalue weighted by Gasteiger charge is 2.17. The Hall–Kier alpha value is -2.32. The van der Waals surface area contributed by atoms with E-state index in [1.54, 1.807) is 0 Å². The maximum atomic E-state index is 11.7. The monoisotopic (exact) mass is 288 g/mol. The average molecular weight is 288 g/mol. The molecule has 1 atom stereocenters. The van der Waals surface area contributed by atoms with Gasteiger partial charge in [0, 0.05) is 6.42 Å². The summed E-state index contributed by atoms with van der Waals surface area (Å²) in [6.07, 6.45) is 6.75. The summed E-state index contributed by atoms with van der Waals surface area (Å²) in [5.74, 6) is 1.55. The number of hydrogen-bond donors (Lipinski definition) is 2. The number of terminal acetylenes is 1. The molecule has 0 saturated heterocycles. The maximum absolute atomic E-state index is 11.7. The van der Waals surface area contributed by atoms with Gasteiger partial charge in [0.05, 0.1) is 6.61 Å². The lowest BCUT2D eigenvalue weighted by molar-refractivity contribution is -0.130. The molecule has 0 aliphatic rings. The van der Waals surface area contributed by atoms with E-state index >= 15 is 0 Å². The maximum Gasteiger partial charge on any atom is 0.246 e. The molecule has 0 bridgehead atoms. The summed E-state index contributed by atoms with van der Waals surface area (Å²) in [5, 5.41) is 2.55. The van der Waals surface area contributed by atoms with Crippen molar-refractivity contribution >= 4 is 11.8 Å². The Bertz CT molecular complexity index is 494. The van der Waals surface area contributed by atoms with Crippen LogP contribution in [0.1, 0.15) is 24.8 Å². The first-order valence-corrected chi connectivity index (χ1v) is 6.77. The van der Waals surface area contributed by atoms with E-state index in [0.29, 0.717) is 25.9 Å². The third kappa shape index (κ3) is 7.14. The molecule has 1 aromatic carbocycles. The molecular formula is C16H20N2O3. The number of hydrogen-bond acceptors (Lipinski definition) is 3. The number of nitrogens with one attached hydrogen (secondary N) is 1. The minimum atomic E-state index is -0.703. The van der Waals surface area contributed by atoms with Crippen LogP contribution in [0, 0.1) is 12.3 Å². The standard InChI is InChI=1S/C16H20N2O3/c1-2-3-5-10-14(16(17)20)18-15(19)12-21-11-13-8-6-4-7-9-13/h1,4,6-9,14H,3,5,10-12H2,(H2,17,20)(H,18,19)/t14-/m0/s1. The zero-order valence-electron chi connectivity index (χ0n) is 11.9. The molecule has 112 valence electrons. The predicted molar refractivity (Wildman–Crippen MR) is 79.9 cm³/mol. The Morgan fingerprint density at radius 2 is 2.05 bits per heavy atom. The minimum absolute atomic E-state index is 0.117. The first-order valence-electron chi connectivity index (χ1n) is 6.77. The zero-order chi connectivity index (χ0) is 15.5. The largest absolute Gasteiger partial charge is 0.368 e. The van der Waals surface area contributed by atoms with Gasteiger partial charge in [-0.1, -0.05) is 30.3 Å². The summed E-state index contributed by atoms with van der Waals surface area (Å²) in [7, 11) is 0. The highest BCUT2D eigenvalue weighted by Crippen LogP contribution is 2.02. The van der Waals surface area contributed by atoms with Crippen LogP contribution in [-0.2, 0) is 20.9 Å². The van der Waals surface area contributed by atoms with Crippen molar-refractivity contribution in [2.24, 2.45) is 5.73 Å². The molecule has 0 aliphatic carbocycles. The predicted octanol–water partition coefficient (Wildman–Crippen LogP) is 0.977. The molecule has 21 heavy (non-hydrogen) atoms. The van der Waals surface area contributed by atoms with E-state index in [-0.39, 0.29) is 12.5 Å². The van der Waals surface area contributed by atoms with Crippen LogP contribution in [0.5, 0.6) is 0 Å². The van der Waals surface area contributed by atoms with Crippen molar-refractivity contribution in [2.75, 3.05) is 6.61 Å². The number of primary amides is 1. The van der Waals surface area contributed by atoms with Crippen LogP contribution in [-0.4, -0.2) is 24.5 Å². The van der Waals surface area contributed by atoms with Crippen molar-refractivity contribution in [3.63, 3.8) is 0 Å². The van der Waals surface area contributed by atoms with E-state index in [0.717, 1.165) is 5.56 Å². The minimum Gasteiger partial charge on any atom is -0.368 e. The molecule has 0 radical (unpaired) electrons. The van der Waals surface area contributed by atoms with Crippen LogP contribution in [0.4, 0.5) is 0 Å². The summed E-state index contributed by atoms with van der Waals surface area (Å²) in [6, 6.07) is 8.81. The molecular weight excluding hydrogens is 268 g/mol. The van der Waals surface area contributed by atoms with Crippen LogP contribution < -0.4 is 11.1 Å². The molecule has 0 fully saturated rings. The normalized spacial score (nSPS) is 11.4. The molecule has 0 saturated carbocycles. The quantitative estimate of drug-likeness (QED) is 0.525. The molecule has 5 heteroatoms. The second-order valence-electron chi connectivity index (χ2n) is 4.60. The first kappa shape index (κ1) is 16.7. The molecule has 0 spiro atoms. The van der Waals surface area contributed by atoms with Gasteiger partial charge in [-0.3, -0.25) is 9.59 Å². The third-order valence-electron chi connectivity index (χ3n) is 2.84. The number of nitrogens with two attached hydrogens (primary N) is 1. The topological polar surface area (TPSA) is 81.4 Å². The fraction of sp³-hybridized carbons (Fsp3) is 0.375. The van der Waals surface area contributed by atoms with Gasteiger partial charge >= 0.3 is 0 Å². The molecule has 2 amide bonds. The molecule has 0 aliphatic heterocycles. The summed E-state index contributed by atoms with van der Waals surface area (Å²) in [5.41, 5.74) is 6.22. The van der Waals surface area contributed by atoms with Crippen molar-refractivity contribution in [1.82, 2.24) is 5.32 Å². The second kappa shape index (κ2) is 9.56. The molecule has 0 heterocycles. The van der Waals surface area contributed by atoms with Crippen molar-refractivity contribution < 1.29 is 14.3 Å². The van der Waals surface area contributed by atoms with Crippen LogP contribution in [0.2, 0.25) is 0 Å². The van der Waals surface area contributed by atoms with Gasteiger partial charge in [-0.15, -0.1) is 12.3 Å². The molecule has 0 unspecified atom stereocenters. The van der Waals surface area contributed by atoms with Gasteiger partial charge in [-0.25, -0.2) is 0 Å². The number of amides is 2. The fourth-order valence-corrected chi connectivity index (χ4v) is 1.77. The Labute approximate surface area is 124 Å². The highest BCUT2D eigenvalue weighted by atomic mass is 16.5. The summed E-state index contributed by atoms with van der Waals surface area (Å²) < 4.78 is 5.29. The lowest BCUT2D eigenvalue weighted by Crippen LogP contribution is -2.45. The Morgan fingerprint density at radius 1 is 1.33 bits per heavy atom. The van der Waals surface area contributed by atoms with Crippen molar-refractivity contribution in [2.45, 2.75) is 31.9 Å². The van der Waals surface area contributed by atoms with Gasteiger partial charge in [0.1, 0.15) is 12.6 Å². The van der Waals surface area contributed by atoms with Crippen LogP contribution >= 0.6 is 0 Å². The van der Waals surface area contributed by atoms with Crippen LogP contribution in [0.3, 0.4) is 0 Å². The number of ether oxygens (including phenoxy) is 1. The average Bonchev–Trinajstić information content (AvgIpc) is 2.47. The number of unbranched alkanes of at least 4 members (excludes halogenated alkanes) is 1. The number of carbonyl (C=O) groups is 2. The van der Waals surface area contributed by atoms with Crippen LogP contribution in [0.25, 0.3) is 0 Å².